The fourth-order valence-corrected chi connectivity index (χ4v) is 3.75. The number of pyridine rings is 1. The van der Waals surface area contributed by atoms with Gasteiger partial charge in [0.05, 0.1) is 29.9 Å². The van der Waals surface area contributed by atoms with Gasteiger partial charge in [0, 0.05) is 17.3 Å². The van der Waals surface area contributed by atoms with Gasteiger partial charge in [0.25, 0.3) is 6.43 Å². The summed E-state index contributed by atoms with van der Waals surface area (Å²) in [5, 5.41) is 25.7. The molecule has 2 N–H and O–H groups in total. The zero-order valence-electron chi connectivity index (χ0n) is 19.6. The Morgan fingerprint density at radius 2 is 1.89 bits per heavy atom. The lowest BCUT2D eigenvalue weighted by molar-refractivity contribution is 0.145. The maximum Gasteiger partial charge on any atom is 0.282 e. The first-order chi connectivity index (χ1) is 17.3. The Kier molecular flexibility index (Phi) is 6.02. The number of benzene rings is 1. The van der Waals surface area contributed by atoms with Gasteiger partial charge in [0.15, 0.2) is 11.6 Å². The van der Waals surface area contributed by atoms with Crippen LogP contribution in [0.4, 0.5) is 20.3 Å². The number of ether oxygens (including phenoxy) is 1. The van der Waals surface area contributed by atoms with E-state index in [0.717, 1.165) is 33.2 Å². The number of methoxy groups -OCH3 is 1. The van der Waals surface area contributed by atoms with Gasteiger partial charge < -0.3 is 15.2 Å². The van der Waals surface area contributed by atoms with Crippen molar-refractivity contribution in [2.75, 3.05) is 12.4 Å². The maximum atomic E-state index is 13.3. The molecule has 0 aliphatic carbocycles. The van der Waals surface area contributed by atoms with Gasteiger partial charge in [-0.05, 0) is 56.3 Å². The molecule has 0 bridgehead atoms. The molecule has 184 valence electrons. The second-order valence-corrected chi connectivity index (χ2v) is 8.09. The number of hydrogen-bond donors (Lipinski definition) is 2. The van der Waals surface area contributed by atoms with Crippen LogP contribution in [0.1, 0.15) is 36.4 Å². The van der Waals surface area contributed by atoms with E-state index < -0.39 is 18.2 Å². The third-order valence-electron chi connectivity index (χ3n) is 5.53. The quantitative estimate of drug-likeness (QED) is 0.342. The summed E-state index contributed by atoms with van der Waals surface area (Å²) in [7, 11) is 1.35. The minimum atomic E-state index is -2.79. The van der Waals surface area contributed by atoms with E-state index in [1.165, 1.54) is 7.11 Å². The van der Waals surface area contributed by atoms with Crippen LogP contribution in [0.3, 0.4) is 0 Å². The third-order valence-corrected chi connectivity index (χ3v) is 5.53. The average Bonchev–Trinajstić information content (AvgIpc) is 3.49. The number of alkyl halides is 2. The molecule has 12 heteroatoms. The third kappa shape index (κ3) is 4.33. The molecule has 4 heterocycles. The standard InChI is InChI=1S/C24H22F2N8O2/c1-13-4-8-20(31-30-13)28-15-5-7-17-19(10-15)33(12-27-17)21-9-6-16(14(2)35)24(29-21)34-22(36-3)11-18(32-34)23(25)26/h4-12,14,23,35H,1-3H3,(H,28,31). The molecule has 0 saturated heterocycles. The fraction of sp³-hybridized carbons (Fsp3) is 0.208. The first-order valence-electron chi connectivity index (χ1n) is 11.0. The Morgan fingerprint density at radius 3 is 2.58 bits per heavy atom. The Balaban J connectivity index is 1.60. The van der Waals surface area contributed by atoms with E-state index in [0.29, 0.717) is 17.2 Å². The zero-order chi connectivity index (χ0) is 25.4. The Labute approximate surface area is 204 Å². The monoisotopic (exact) mass is 492 g/mol. The number of aryl methyl sites for hydroxylation is 1. The number of aromatic nitrogens is 7. The van der Waals surface area contributed by atoms with Crippen molar-refractivity contribution in [2.24, 2.45) is 0 Å². The van der Waals surface area contributed by atoms with Crippen molar-refractivity contribution in [3.8, 4) is 17.5 Å². The molecule has 1 unspecified atom stereocenters. The molecule has 5 aromatic rings. The molecule has 0 saturated carbocycles. The van der Waals surface area contributed by atoms with E-state index in [9.17, 15) is 13.9 Å². The molecule has 1 atom stereocenters. The van der Waals surface area contributed by atoms with Gasteiger partial charge in [-0.1, -0.05) is 0 Å². The zero-order valence-corrected chi connectivity index (χ0v) is 19.6. The molecule has 0 spiro atoms. The summed E-state index contributed by atoms with van der Waals surface area (Å²) in [5.74, 6) is 1.27. The highest BCUT2D eigenvalue weighted by Crippen LogP contribution is 2.30. The van der Waals surface area contributed by atoms with Crippen LogP contribution >= 0.6 is 0 Å². The molecule has 0 amide bonds. The van der Waals surface area contributed by atoms with Crippen LogP contribution in [-0.2, 0) is 0 Å². The molecule has 0 fully saturated rings. The van der Waals surface area contributed by atoms with Crippen LogP contribution in [0.5, 0.6) is 5.88 Å². The number of imidazole rings is 1. The van der Waals surface area contributed by atoms with Crippen LogP contribution < -0.4 is 10.1 Å². The fourth-order valence-electron chi connectivity index (χ4n) is 3.75. The van der Waals surface area contributed by atoms with E-state index >= 15 is 0 Å². The van der Waals surface area contributed by atoms with Gasteiger partial charge >= 0.3 is 0 Å². The van der Waals surface area contributed by atoms with Gasteiger partial charge in [-0.3, -0.25) is 4.57 Å². The number of nitrogens with one attached hydrogen (secondary N) is 1. The molecular formula is C24H22F2N8O2. The van der Waals surface area contributed by atoms with Crippen molar-refractivity contribution in [2.45, 2.75) is 26.4 Å². The van der Waals surface area contributed by atoms with Gasteiger partial charge in [0.1, 0.15) is 17.8 Å². The van der Waals surface area contributed by atoms with E-state index in [1.54, 1.807) is 30.0 Å². The predicted octanol–water partition coefficient (Wildman–Crippen LogP) is 4.45. The van der Waals surface area contributed by atoms with Crippen LogP contribution in [0.15, 0.2) is 54.9 Å². The number of anilines is 2. The maximum absolute atomic E-state index is 13.3. The van der Waals surface area contributed by atoms with Crippen LogP contribution in [-0.4, -0.2) is 46.7 Å². The van der Waals surface area contributed by atoms with Crippen molar-refractivity contribution >= 4 is 22.5 Å². The normalized spacial score (nSPS) is 12.3. The molecule has 10 nitrogen and oxygen atoms in total. The first-order valence-corrected chi connectivity index (χ1v) is 11.0. The number of rotatable bonds is 7. The van der Waals surface area contributed by atoms with E-state index in [4.69, 9.17) is 4.74 Å². The molecule has 1 aromatic carbocycles. The number of aliphatic hydroxyl groups excluding tert-OH is 1. The van der Waals surface area contributed by atoms with Gasteiger partial charge in [0.2, 0.25) is 5.88 Å². The van der Waals surface area contributed by atoms with Gasteiger partial charge in [-0.25, -0.2) is 18.7 Å². The summed E-state index contributed by atoms with van der Waals surface area (Å²) in [6.45, 7) is 3.42. The van der Waals surface area contributed by atoms with Crippen molar-refractivity contribution in [3.05, 3.63) is 71.8 Å². The molecule has 0 radical (unpaired) electrons. The Bertz CT molecular complexity index is 1530. The summed E-state index contributed by atoms with van der Waals surface area (Å²) >= 11 is 0. The van der Waals surface area contributed by atoms with E-state index in [2.05, 4.69) is 30.6 Å². The van der Waals surface area contributed by atoms with Crippen molar-refractivity contribution in [3.63, 3.8) is 0 Å². The average molecular weight is 492 g/mol. The number of hydrogen-bond acceptors (Lipinski definition) is 8. The van der Waals surface area contributed by atoms with Gasteiger partial charge in [-0.15, -0.1) is 5.10 Å². The van der Waals surface area contributed by atoms with Crippen molar-refractivity contribution in [1.82, 2.24) is 34.5 Å². The Hall–Kier alpha value is -4.45. The van der Waals surface area contributed by atoms with Gasteiger partial charge in [-0.2, -0.15) is 14.9 Å². The minimum absolute atomic E-state index is 0.0676. The van der Waals surface area contributed by atoms with Crippen LogP contribution in [0.25, 0.3) is 22.7 Å². The highest BCUT2D eigenvalue weighted by Gasteiger charge is 2.22. The first kappa shape index (κ1) is 23.3. The van der Waals surface area contributed by atoms with E-state index in [1.807, 2.05) is 37.3 Å². The smallest absolute Gasteiger partial charge is 0.282 e. The van der Waals surface area contributed by atoms with Crippen LogP contribution in [0.2, 0.25) is 0 Å². The lowest BCUT2D eigenvalue weighted by atomic mass is 10.1. The van der Waals surface area contributed by atoms with E-state index in [-0.39, 0.29) is 11.7 Å². The lowest BCUT2D eigenvalue weighted by Crippen LogP contribution is -2.11. The van der Waals surface area contributed by atoms with Crippen LogP contribution in [0, 0.1) is 6.92 Å². The molecule has 36 heavy (non-hydrogen) atoms. The molecule has 5 rings (SSSR count). The topological polar surface area (TPSA) is 116 Å². The summed E-state index contributed by atoms with van der Waals surface area (Å²) in [5.41, 5.74) is 2.97. The summed E-state index contributed by atoms with van der Waals surface area (Å²) in [6.07, 6.45) is -2.12. The molecular weight excluding hydrogens is 470 g/mol. The lowest BCUT2D eigenvalue weighted by Gasteiger charge is -2.15. The second-order valence-electron chi connectivity index (χ2n) is 8.09. The minimum Gasteiger partial charge on any atom is -0.481 e. The number of fused-ring (bicyclic) bond motifs is 1. The molecule has 0 aliphatic rings. The Morgan fingerprint density at radius 1 is 1.06 bits per heavy atom. The highest BCUT2D eigenvalue weighted by atomic mass is 19.3. The highest BCUT2D eigenvalue weighted by molar-refractivity contribution is 5.82. The molecule has 0 aliphatic heterocycles. The number of halogens is 2. The summed E-state index contributed by atoms with van der Waals surface area (Å²) in [4.78, 5) is 9.10. The SMILES string of the molecule is COc1cc(C(F)F)nn1-c1nc(-n2cnc3ccc(Nc4ccc(C)nn4)cc32)ccc1C(C)O. The van der Waals surface area contributed by atoms with Crippen molar-refractivity contribution < 1.29 is 18.6 Å². The molecule has 4 aromatic heterocycles. The largest absolute Gasteiger partial charge is 0.481 e. The van der Waals surface area contributed by atoms with Crippen molar-refractivity contribution in [1.29, 1.82) is 0 Å². The number of nitrogens with zero attached hydrogens (tertiary/aromatic N) is 7. The number of aliphatic hydroxyl groups is 1. The predicted molar refractivity (Wildman–Crippen MR) is 128 cm³/mol. The summed E-state index contributed by atoms with van der Waals surface area (Å²) < 4.78 is 34.8. The summed E-state index contributed by atoms with van der Waals surface area (Å²) in [6, 6.07) is 13.8. The second kappa shape index (κ2) is 9.30.